The summed E-state index contributed by atoms with van der Waals surface area (Å²) in [6.45, 7) is 2.88. The van der Waals surface area contributed by atoms with Crippen LogP contribution in [0.15, 0.2) is 16.5 Å². The molecule has 16 heavy (non-hydrogen) atoms. The van der Waals surface area contributed by atoms with E-state index in [0.29, 0.717) is 18.3 Å². The van der Waals surface area contributed by atoms with E-state index in [4.69, 9.17) is 14.6 Å². The van der Waals surface area contributed by atoms with Crippen molar-refractivity contribution in [3.05, 3.63) is 17.9 Å². The van der Waals surface area contributed by atoms with Crippen LogP contribution in [0.2, 0.25) is 0 Å². The van der Waals surface area contributed by atoms with Crippen LogP contribution in [-0.2, 0) is 0 Å². The molecule has 1 atom stereocenters. The van der Waals surface area contributed by atoms with Gasteiger partial charge in [0.15, 0.2) is 5.88 Å². The number of carboxylic acid groups (broad SMARTS) is 1. The van der Waals surface area contributed by atoms with Crippen LogP contribution in [0.25, 0.3) is 0 Å². The highest BCUT2D eigenvalue weighted by molar-refractivity contribution is 5.84. The third-order valence-corrected chi connectivity index (χ3v) is 2.50. The molecule has 1 rings (SSSR count). The van der Waals surface area contributed by atoms with Crippen LogP contribution in [0, 0.1) is 5.92 Å². The summed E-state index contributed by atoms with van der Waals surface area (Å²) in [7, 11) is 0. The maximum atomic E-state index is 10.6. The van der Waals surface area contributed by atoms with Gasteiger partial charge >= 0.3 is 5.97 Å². The molecule has 0 fully saturated rings. The Labute approximate surface area is 94.1 Å². The van der Waals surface area contributed by atoms with Gasteiger partial charge in [-0.3, -0.25) is 0 Å². The number of carbonyl (C=O) groups is 1. The fraction of sp³-hybridized carbons (Fsp3) is 0.545. The molecule has 0 radical (unpaired) electrons. The highest BCUT2D eigenvalue weighted by Crippen LogP contribution is 2.15. The summed E-state index contributed by atoms with van der Waals surface area (Å²) >= 11 is 0. The summed E-state index contributed by atoms with van der Waals surface area (Å²) in [6, 6.07) is 3.01. The molecule has 1 aromatic heterocycles. The molecule has 0 aromatic carbocycles. The van der Waals surface area contributed by atoms with Gasteiger partial charge in [-0.2, -0.15) is 0 Å². The van der Waals surface area contributed by atoms with E-state index in [2.05, 4.69) is 5.32 Å². The number of furan rings is 1. The molecule has 1 unspecified atom stereocenters. The van der Waals surface area contributed by atoms with Gasteiger partial charge in [-0.25, -0.2) is 4.79 Å². The number of nitrogens with one attached hydrogen (secondary N) is 1. The summed E-state index contributed by atoms with van der Waals surface area (Å²) in [6.07, 6.45) is 1.69. The Hall–Kier alpha value is -1.49. The first-order valence-electron chi connectivity index (χ1n) is 5.35. The van der Waals surface area contributed by atoms with Crippen LogP contribution >= 0.6 is 0 Å². The minimum Gasteiger partial charge on any atom is -0.475 e. The zero-order valence-corrected chi connectivity index (χ0v) is 9.27. The highest BCUT2D eigenvalue weighted by Gasteiger charge is 2.10. The SMILES string of the molecule is CCC(CCO)CNc1ccc(C(=O)O)o1. The quantitative estimate of drug-likeness (QED) is 0.661. The van der Waals surface area contributed by atoms with Gasteiger partial charge in [0.05, 0.1) is 0 Å². The Bertz CT molecular complexity index is 334. The van der Waals surface area contributed by atoms with E-state index < -0.39 is 5.97 Å². The van der Waals surface area contributed by atoms with Crippen molar-refractivity contribution in [2.75, 3.05) is 18.5 Å². The molecule has 5 nitrogen and oxygen atoms in total. The van der Waals surface area contributed by atoms with Crippen molar-refractivity contribution in [3.63, 3.8) is 0 Å². The number of carboxylic acids is 1. The monoisotopic (exact) mass is 227 g/mol. The summed E-state index contributed by atoms with van der Waals surface area (Å²) in [5.41, 5.74) is 0. The van der Waals surface area contributed by atoms with Gasteiger partial charge < -0.3 is 19.9 Å². The first-order chi connectivity index (χ1) is 7.67. The van der Waals surface area contributed by atoms with Gasteiger partial charge in [0.1, 0.15) is 0 Å². The molecule has 0 saturated carbocycles. The largest absolute Gasteiger partial charge is 0.475 e. The highest BCUT2D eigenvalue weighted by atomic mass is 16.4. The lowest BCUT2D eigenvalue weighted by Gasteiger charge is -2.13. The van der Waals surface area contributed by atoms with Crippen LogP contribution in [0.4, 0.5) is 5.88 Å². The van der Waals surface area contributed by atoms with E-state index in [-0.39, 0.29) is 12.4 Å². The molecule has 3 N–H and O–H groups in total. The normalized spacial score (nSPS) is 12.4. The maximum absolute atomic E-state index is 10.6. The summed E-state index contributed by atoms with van der Waals surface area (Å²) < 4.78 is 5.04. The predicted molar refractivity (Wildman–Crippen MR) is 59.6 cm³/mol. The van der Waals surface area contributed by atoms with Gasteiger partial charge in [0.2, 0.25) is 5.76 Å². The number of aromatic carboxylic acids is 1. The molecule has 5 heteroatoms. The van der Waals surface area contributed by atoms with E-state index in [1.807, 2.05) is 6.92 Å². The van der Waals surface area contributed by atoms with Crippen LogP contribution in [-0.4, -0.2) is 29.3 Å². The van der Waals surface area contributed by atoms with Crippen LogP contribution in [0.3, 0.4) is 0 Å². The lowest BCUT2D eigenvalue weighted by atomic mass is 10.0. The maximum Gasteiger partial charge on any atom is 0.371 e. The number of aliphatic hydroxyl groups is 1. The van der Waals surface area contributed by atoms with Crippen molar-refractivity contribution < 1.29 is 19.4 Å². The molecule has 0 saturated heterocycles. The second-order valence-corrected chi connectivity index (χ2v) is 3.64. The molecule has 0 aliphatic rings. The Morgan fingerprint density at radius 2 is 2.31 bits per heavy atom. The summed E-state index contributed by atoms with van der Waals surface area (Å²) in [4.78, 5) is 10.6. The Morgan fingerprint density at radius 3 is 2.81 bits per heavy atom. The van der Waals surface area contributed by atoms with Crippen molar-refractivity contribution in [1.82, 2.24) is 0 Å². The smallest absolute Gasteiger partial charge is 0.371 e. The minimum atomic E-state index is -1.07. The number of hydrogen-bond acceptors (Lipinski definition) is 4. The molecule has 1 heterocycles. The van der Waals surface area contributed by atoms with Crippen molar-refractivity contribution in [2.24, 2.45) is 5.92 Å². The molecule has 0 aliphatic carbocycles. The van der Waals surface area contributed by atoms with E-state index in [1.165, 1.54) is 6.07 Å². The van der Waals surface area contributed by atoms with Crippen molar-refractivity contribution >= 4 is 11.9 Å². The van der Waals surface area contributed by atoms with Crippen LogP contribution in [0.5, 0.6) is 0 Å². The standard InChI is InChI=1S/C11H17NO4/c1-2-8(5-6-13)7-12-10-4-3-9(16-10)11(14)15/h3-4,8,12-13H,2,5-7H2,1H3,(H,14,15). The first-order valence-corrected chi connectivity index (χ1v) is 5.35. The molecule has 1 aromatic rings. The molecule has 0 spiro atoms. The number of anilines is 1. The third-order valence-electron chi connectivity index (χ3n) is 2.50. The lowest BCUT2D eigenvalue weighted by Crippen LogP contribution is -2.14. The molecule has 0 amide bonds. The van der Waals surface area contributed by atoms with Gasteiger partial charge in [-0.1, -0.05) is 13.3 Å². The Kier molecular flexibility index (Phi) is 4.85. The zero-order chi connectivity index (χ0) is 12.0. The fourth-order valence-electron chi connectivity index (χ4n) is 1.43. The predicted octanol–water partition coefficient (Wildman–Crippen LogP) is 1.80. The first kappa shape index (κ1) is 12.6. The van der Waals surface area contributed by atoms with E-state index >= 15 is 0 Å². The molecule has 0 aliphatic heterocycles. The zero-order valence-electron chi connectivity index (χ0n) is 9.27. The minimum absolute atomic E-state index is 0.0716. The summed E-state index contributed by atoms with van der Waals surface area (Å²) in [5, 5.41) is 20.5. The Morgan fingerprint density at radius 1 is 1.56 bits per heavy atom. The second-order valence-electron chi connectivity index (χ2n) is 3.64. The summed E-state index contributed by atoms with van der Waals surface area (Å²) in [5.74, 6) is -0.328. The van der Waals surface area contributed by atoms with E-state index in [9.17, 15) is 4.79 Å². The van der Waals surface area contributed by atoms with Crippen LogP contribution in [0.1, 0.15) is 30.3 Å². The number of hydrogen-bond donors (Lipinski definition) is 3. The third kappa shape index (κ3) is 3.58. The van der Waals surface area contributed by atoms with Crippen molar-refractivity contribution in [3.8, 4) is 0 Å². The van der Waals surface area contributed by atoms with Gasteiger partial charge in [0, 0.05) is 19.2 Å². The van der Waals surface area contributed by atoms with Gasteiger partial charge in [0.25, 0.3) is 0 Å². The molecule has 0 bridgehead atoms. The number of rotatable bonds is 7. The van der Waals surface area contributed by atoms with Crippen molar-refractivity contribution in [2.45, 2.75) is 19.8 Å². The van der Waals surface area contributed by atoms with Crippen molar-refractivity contribution in [1.29, 1.82) is 0 Å². The average molecular weight is 227 g/mol. The average Bonchev–Trinajstić information content (AvgIpc) is 2.73. The lowest BCUT2D eigenvalue weighted by molar-refractivity contribution is 0.0663. The Balaban J connectivity index is 2.44. The molecular weight excluding hydrogens is 210 g/mol. The van der Waals surface area contributed by atoms with Crippen LogP contribution < -0.4 is 5.32 Å². The van der Waals surface area contributed by atoms with E-state index in [1.54, 1.807) is 6.07 Å². The second kappa shape index (κ2) is 6.17. The van der Waals surface area contributed by atoms with Gasteiger partial charge in [-0.05, 0) is 18.4 Å². The molecule has 90 valence electrons. The van der Waals surface area contributed by atoms with Gasteiger partial charge in [-0.15, -0.1) is 0 Å². The topological polar surface area (TPSA) is 82.7 Å². The van der Waals surface area contributed by atoms with E-state index in [0.717, 1.165) is 12.8 Å². The molecular formula is C11H17NO4. The number of aliphatic hydroxyl groups excluding tert-OH is 1. The fourth-order valence-corrected chi connectivity index (χ4v) is 1.43.